The lowest BCUT2D eigenvalue weighted by atomic mass is 10.1. The molecular weight excluding hydrogens is 300 g/mol. The van der Waals surface area contributed by atoms with E-state index in [0.29, 0.717) is 11.4 Å². The maximum Gasteiger partial charge on any atom is 0.198 e. The maximum absolute atomic E-state index is 10.0. The Morgan fingerprint density at radius 1 is 1.04 bits per heavy atom. The highest BCUT2D eigenvalue weighted by atomic mass is 16.3. The molecule has 0 saturated carbocycles. The molecule has 0 saturated heterocycles. The molecule has 0 unspecified atom stereocenters. The number of fused-ring (bicyclic) bond motifs is 1. The van der Waals surface area contributed by atoms with Gasteiger partial charge in [-0.3, -0.25) is 5.10 Å². The minimum Gasteiger partial charge on any atom is -0.494 e. The molecule has 0 fully saturated rings. The molecule has 0 aliphatic rings. The SMILES string of the molecule is Oc1[nH]c2ccccc2c1C=Nc1cc(Cc2ccccc2)[nH]n1. The van der Waals surface area contributed by atoms with Crippen LogP contribution in [0.2, 0.25) is 0 Å². The third kappa shape index (κ3) is 2.79. The van der Waals surface area contributed by atoms with Gasteiger partial charge in [-0.15, -0.1) is 0 Å². The minimum atomic E-state index is 0.111. The molecule has 4 aromatic rings. The van der Waals surface area contributed by atoms with Gasteiger partial charge in [0.05, 0.1) is 5.56 Å². The van der Waals surface area contributed by atoms with Gasteiger partial charge in [0.25, 0.3) is 0 Å². The molecule has 0 spiro atoms. The van der Waals surface area contributed by atoms with Crippen LogP contribution in [0.15, 0.2) is 65.7 Å². The molecule has 5 heteroatoms. The number of hydrogen-bond donors (Lipinski definition) is 3. The fraction of sp³-hybridized carbons (Fsp3) is 0.0526. The molecule has 0 radical (unpaired) electrons. The Hall–Kier alpha value is -3.34. The van der Waals surface area contributed by atoms with Crippen molar-refractivity contribution >= 4 is 22.9 Å². The normalized spacial score (nSPS) is 11.5. The predicted octanol–water partition coefficient (Wildman–Crippen LogP) is 3.94. The van der Waals surface area contributed by atoms with E-state index in [1.165, 1.54) is 5.56 Å². The lowest BCUT2D eigenvalue weighted by Crippen LogP contribution is -1.86. The van der Waals surface area contributed by atoms with Gasteiger partial charge in [0.15, 0.2) is 11.7 Å². The van der Waals surface area contributed by atoms with Crippen LogP contribution in [0.5, 0.6) is 5.88 Å². The quantitative estimate of drug-likeness (QED) is 0.499. The zero-order chi connectivity index (χ0) is 16.4. The van der Waals surface area contributed by atoms with Gasteiger partial charge in [-0.1, -0.05) is 48.5 Å². The van der Waals surface area contributed by atoms with Gasteiger partial charge in [-0.2, -0.15) is 5.10 Å². The fourth-order valence-corrected chi connectivity index (χ4v) is 2.73. The lowest BCUT2D eigenvalue weighted by molar-refractivity contribution is 0.457. The number of aromatic amines is 2. The topological polar surface area (TPSA) is 77.1 Å². The Morgan fingerprint density at radius 3 is 2.71 bits per heavy atom. The van der Waals surface area contributed by atoms with Crippen molar-refractivity contribution in [2.75, 3.05) is 0 Å². The van der Waals surface area contributed by atoms with Gasteiger partial charge < -0.3 is 10.1 Å². The molecule has 5 nitrogen and oxygen atoms in total. The Kier molecular flexibility index (Phi) is 3.59. The molecule has 118 valence electrons. The van der Waals surface area contributed by atoms with Crippen LogP contribution < -0.4 is 0 Å². The zero-order valence-electron chi connectivity index (χ0n) is 12.9. The van der Waals surface area contributed by atoms with E-state index < -0.39 is 0 Å². The van der Waals surface area contributed by atoms with Crippen molar-refractivity contribution in [3.8, 4) is 5.88 Å². The van der Waals surface area contributed by atoms with E-state index in [2.05, 4.69) is 32.3 Å². The van der Waals surface area contributed by atoms with Crippen LogP contribution in [0.1, 0.15) is 16.8 Å². The smallest absolute Gasteiger partial charge is 0.198 e. The molecule has 3 N–H and O–H groups in total. The summed E-state index contributed by atoms with van der Waals surface area (Å²) in [5, 5.41) is 18.2. The number of rotatable bonds is 4. The second-order valence-electron chi connectivity index (χ2n) is 5.60. The molecule has 0 atom stereocenters. The molecular formula is C19H16N4O. The van der Waals surface area contributed by atoms with E-state index in [0.717, 1.165) is 23.0 Å². The minimum absolute atomic E-state index is 0.111. The average Bonchev–Trinajstić information content (AvgIpc) is 3.17. The second-order valence-corrected chi connectivity index (χ2v) is 5.60. The van der Waals surface area contributed by atoms with Crippen molar-refractivity contribution in [2.24, 2.45) is 4.99 Å². The predicted molar refractivity (Wildman–Crippen MR) is 95.1 cm³/mol. The monoisotopic (exact) mass is 316 g/mol. The molecule has 0 amide bonds. The first kappa shape index (κ1) is 14.3. The van der Waals surface area contributed by atoms with Crippen LogP contribution in [-0.2, 0) is 6.42 Å². The van der Waals surface area contributed by atoms with Gasteiger partial charge in [0.2, 0.25) is 0 Å². The Labute approximate surface area is 138 Å². The van der Waals surface area contributed by atoms with Gasteiger partial charge in [0, 0.05) is 35.3 Å². The summed E-state index contributed by atoms with van der Waals surface area (Å²) in [5.74, 6) is 0.700. The maximum atomic E-state index is 10.0. The van der Waals surface area contributed by atoms with Crippen LogP contribution >= 0.6 is 0 Å². The summed E-state index contributed by atoms with van der Waals surface area (Å²) in [4.78, 5) is 7.31. The number of aromatic hydroxyl groups is 1. The van der Waals surface area contributed by atoms with Crippen LogP contribution in [0.25, 0.3) is 10.9 Å². The van der Waals surface area contributed by atoms with E-state index in [4.69, 9.17) is 0 Å². The number of nitrogens with zero attached hydrogens (tertiary/aromatic N) is 2. The van der Waals surface area contributed by atoms with Crippen molar-refractivity contribution < 1.29 is 5.11 Å². The summed E-state index contributed by atoms with van der Waals surface area (Å²) < 4.78 is 0. The molecule has 0 aliphatic carbocycles. The Morgan fingerprint density at radius 2 is 1.83 bits per heavy atom. The van der Waals surface area contributed by atoms with Crippen LogP contribution in [-0.4, -0.2) is 26.5 Å². The number of hydrogen-bond acceptors (Lipinski definition) is 3. The number of nitrogens with one attached hydrogen (secondary N) is 2. The number of H-pyrrole nitrogens is 2. The van der Waals surface area contributed by atoms with Gasteiger partial charge in [0.1, 0.15) is 0 Å². The van der Waals surface area contributed by atoms with E-state index in [9.17, 15) is 5.11 Å². The number of benzene rings is 2. The third-order valence-electron chi connectivity index (χ3n) is 3.91. The van der Waals surface area contributed by atoms with Gasteiger partial charge >= 0.3 is 0 Å². The lowest BCUT2D eigenvalue weighted by Gasteiger charge is -1.96. The van der Waals surface area contributed by atoms with Crippen LogP contribution in [0, 0.1) is 0 Å². The van der Waals surface area contributed by atoms with E-state index in [-0.39, 0.29) is 5.88 Å². The summed E-state index contributed by atoms with van der Waals surface area (Å²) in [6.45, 7) is 0. The second kappa shape index (κ2) is 6.04. The highest BCUT2D eigenvalue weighted by Gasteiger charge is 2.08. The molecule has 0 bridgehead atoms. The van der Waals surface area contributed by atoms with Gasteiger partial charge in [-0.05, 0) is 11.6 Å². The molecule has 2 aromatic heterocycles. The number of aliphatic imine (C=N–C) groups is 1. The fourth-order valence-electron chi connectivity index (χ4n) is 2.73. The Balaban J connectivity index is 1.57. The molecule has 24 heavy (non-hydrogen) atoms. The summed E-state index contributed by atoms with van der Waals surface area (Å²) in [7, 11) is 0. The van der Waals surface area contributed by atoms with Gasteiger partial charge in [-0.25, -0.2) is 4.99 Å². The van der Waals surface area contributed by atoms with E-state index in [1.54, 1.807) is 6.21 Å². The van der Waals surface area contributed by atoms with Crippen molar-refractivity contribution in [3.63, 3.8) is 0 Å². The largest absolute Gasteiger partial charge is 0.494 e. The molecule has 2 heterocycles. The van der Waals surface area contributed by atoms with Crippen molar-refractivity contribution in [1.82, 2.24) is 15.2 Å². The van der Waals surface area contributed by atoms with Crippen LogP contribution in [0.3, 0.4) is 0 Å². The summed E-state index contributed by atoms with van der Waals surface area (Å²) >= 11 is 0. The highest BCUT2D eigenvalue weighted by Crippen LogP contribution is 2.25. The standard InChI is InChI=1S/C19H16N4O/c24-19-16(15-8-4-5-9-17(15)21-19)12-20-18-11-14(22-23-18)10-13-6-2-1-3-7-13/h1-9,11-12,21,24H,10H2,(H,22,23). The first-order chi connectivity index (χ1) is 11.8. The van der Waals surface area contributed by atoms with E-state index >= 15 is 0 Å². The highest BCUT2D eigenvalue weighted by molar-refractivity contribution is 6.02. The molecule has 2 aromatic carbocycles. The summed E-state index contributed by atoms with van der Waals surface area (Å²) in [6.07, 6.45) is 2.42. The van der Waals surface area contributed by atoms with Crippen LogP contribution in [0.4, 0.5) is 5.82 Å². The van der Waals surface area contributed by atoms with Crippen molar-refractivity contribution in [2.45, 2.75) is 6.42 Å². The molecule has 0 aliphatic heterocycles. The molecule has 4 rings (SSSR count). The Bertz CT molecular complexity index is 999. The third-order valence-corrected chi connectivity index (χ3v) is 3.91. The van der Waals surface area contributed by atoms with E-state index in [1.807, 2.05) is 48.5 Å². The zero-order valence-corrected chi connectivity index (χ0v) is 12.9. The average molecular weight is 316 g/mol. The first-order valence-corrected chi connectivity index (χ1v) is 7.71. The summed E-state index contributed by atoms with van der Waals surface area (Å²) in [5.41, 5.74) is 3.75. The number of aromatic nitrogens is 3. The first-order valence-electron chi connectivity index (χ1n) is 7.71. The van der Waals surface area contributed by atoms with Crippen molar-refractivity contribution in [1.29, 1.82) is 0 Å². The number of para-hydroxylation sites is 1. The summed E-state index contributed by atoms with van der Waals surface area (Å²) in [6, 6.07) is 19.8. The van der Waals surface area contributed by atoms with Crippen molar-refractivity contribution in [3.05, 3.63) is 77.5 Å².